The molecule has 22 heavy (non-hydrogen) atoms. The van der Waals surface area contributed by atoms with E-state index in [-0.39, 0.29) is 5.91 Å². The summed E-state index contributed by atoms with van der Waals surface area (Å²) in [5.74, 6) is 0.692. The number of ether oxygens (including phenoxy) is 1. The average molecular weight is 298 g/mol. The first-order valence-corrected chi connectivity index (χ1v) is 7.49. The predicted octanol–water partition coefficient (Wildman–Crippen LogP) is 3.79. The molecule has 2 rings (SSSR count). The third-order valence-electron chi connectivity index (χ3n) is 3.58. The highest BCUT2D eigenvalue weighted by Crippen LogP contribution is 2.31. The molecule has 1 N–H and O–H groups in total. The van der Waals surface area contributed by atoms with Crippen LogP contribution in [0.5, 0.6) is 5.75 Å². The van der Waals surface area contributed by atoms with E-state index in [1.807, 2.05) is 36.4 Å². The molecular weight excluding hydrogens is 276 g/mol. The van der Waals surface area contributed by atoms with E-state index in [1.54, 1.807) is 19.2 Å². The monoisotopic (exact) mass is 298 g/mol. The molecule has 0 heterocycles. The van der Waals surface area contributed by atoms with Gasteiger partial charge in [0.25, 0.3) is 5.91 Å². The van der Waals surface area contributed by atoms with Gasteiger partial charge in [0.2, 0.25) is 0 Å². The largest absolute Gasteiger partial charge is 0.495 e. The van der Waals surface area contributed by atoms with Crippen molar-refractivity contribution in [3.8, 4) is 5.75 Å². The van der Waals surface area contributed by atoms with Gasteiger partial charge in [0.15, 0.2) is 0 Å². The number of benzene rings is 2. The highest BCUT2D eigenvalue weighted by molar-refractivity contribution is 6.04. The summed E-state index contributed by atoms with van der Waals surface area (Å²) in [6.07, 6.45) is 0. The van der Waals surface area contributed by atoms with Crippen molar-refractivity contribution >= 4 is 17.3 Å². The third kappa shape index (κ3) is 3.58. The van der Waals surface area contributed by atoms with E-state index in [0.29, 0.717) is 5.56 Å². The highest BCUT2D eigenvalue weighted by atomic mass is 16.5. The van der Waals surface area contributed by atoms with Crippen LogP contribution in [0.1, 0.15) is 24.2 Å². The normalized spacial score (nSPS) is 10.1. The Balaban J connectivity index is 2.25. The molecule has 0 unspecified atom stereocenters. The molecule has 0 saturated carbocycles. The van der Waals surface area contributed by atoms with Gasteiger partial charge in [-0.25, -0.2) is 0 Å². The second kappa shape index (κ2) is 7.50. The standard InChI is InChI=1S/C18H22N2O2/c1-4-20(5-2)16-13-15(11-12-17(16)22-3)19-18(21)14-9-7-6-8-10-14/h6-13H,4-5H2,1-3H3,(H,19,21). The van der Waals surface area contributed by atoms with Crippen LogP contribution in [0.2, 0.25) is 0 Å². The molecule has 116 valence electrons. The minimum Gasteiger partial charge on any atom is -0.495 e. The molecule has 0 spiro atoms. The van der Waals surface area contributed by atoms with Gasteiger partial charge in [-0.05, 0) is 44.2 Å². The second-order valence-corrected chi connectivity index (χ2v) is 4.88. The zero-order valence-electron chi connectivity index (χ0n) is 13.3. The van der Waals surface area contributed by atoms with Crippen molar-refractivity contribution in [2.24, 2.45) is 0 Å². The van der Waals surface area contributed by atoms with E-state index in [9.17, 15) is 4.79 Å². The van der Waals surface area contributed by atoms with E-state index < -0.39 is 0 Å². The lowest BCUT2D eigenvalue weighted by Crippen LogP contribution is -2.22. The Labute approximate surface area is 131 Å². The molecule has 0 bridgehead atoms. The summed E-state index contributed by atoms with van der Waals surface area (Å²) in [7, 11) is 1.66. The smallest absolute Gasteiger partial charge is 0.255 e. The molecule has 0 aromatic heterocycles. The number of amides is 1. The van der Waals surface area contributed by atoms with Gasteiger partial charge in [0.05, 0.1) is 12.8 Å². The van der Waals surface area contributed by atoms with Gasteiger partial charge in [-0.15, -0.1) is 0 Å². The molecule has 0 aliphatic heterocycles. The van der Waals surface area contributed by atoms with Crippen LogP contribution >= 0.6 is 0 Å². The first-order valence-electron chi connectivity index (χ1n) is 7.49. The molecule has 4 heteroatoms. The predicted molar refractivity (Wildman–Crippen MR) is 91.0 cm³/mol. The Bertz CT molecular complexity index is 622. The van der Waals surface area contributed by atoms with Crippen LogP contribution in [0.3, 0.4) is 0 Å². The van der Waals surface area contributed by atoms with Crippen LogP contribution in [0.15, 0.2) is 48.5 Å². The van der Waals surface area contributed by atoms with Crippen LogP contribution in [0.4, 0.5) is 11.4 Å². The molecule has 1 amide bonds. The minimum atomic E-state index is -0.115. The number of nitrogens with one attached hydrogen (secondary N) is 1. The maximum absolute atomic E-state index is 12.2. The fraction of sp³-hybridized carbons (Fsp3) is 0.278. The Hall–Kier alpha value is -2.49. The van der Waals surface area contributed by atoms with Crippen LogP contribution < -0.4 is 15.0 Å². The molecule has 2 aromatic carbocycles. The highest BCUT2D eigenvalue weighted by Gasteiger charge is 2.12. The number of carbonyl (C=O) groups is 1. The van der Waals surface area contributed by atoms with Gasteiger partial charge < -0.3 is 15.0 Å². The number of hydrogen-bond donors (Lipinski definition) is 1. The number of hydrogen-bond acceptors (Lipinski definition) is 3. The van der Waals surface area contributed by atoms with Crippen LogP contribution in [-0.2, 0) is 0 Å². The fourth-order valence-electron chi connectivity index (χ4n) is 2.37. The maximum atomic E-state index is 12.2. The number of carbonyl (C=O) groups excluding carboxylic acids is 1. The van der Waals surface area contributed by atoms with Crippen LogP contribution in [0, 0.1) is 0 Å². The summed E-state index contributed by atoms with van der Waals surface area (Å²) in [5, 5.41) is 2.93. The Kier molecular flexibility index (Phi) is 5.42. The summed E-state index contributed by atoms with van der Waals surface area (Å²) in [4.78, 5) is 14.4. The first kappa shape index (κ1) is 15.9. The number of rotatable bonds is 6. The minimum absolute atomic E-state index is 0.115. The van der Waals surface area contributed by atoms with E-state index in [2.05, 4.69) is 24.1 Å². The lowest BCUT2D eigenvalue weighted by Gasteiger charge is -2.24. The molecule has 4 nitrogen and oxygen atoms in total. The van der Waals surface area contributed by atoms with Gasteiger partial charge >= 0.3 is 0 Å². The molecule has 0 aliphatic carbocycles. The van der Waals surface area contributed by atoms with Crippen LogP contribution in [-0.4, -0.2) is 26.1 Å². The average Bonchev–Trinajstić information content (AvgIpc) is 2.57. The Morgan fingerprint density at radius 2 is 1.77 bits per heavy atom. The fourth-order valence-corrected chi connectivity index (χ4v) is 2.37. The zero-order chi connectivity index (χ0) is 15.9. The Morgan fingerprint density at radius 1 is 1.09 bits per heavy atom. The summed E-state index contributed by atoms with van der Waals surface area (Å²) >= 11 is 0. The topological polar surface area (TPSA) is 41.6 Å². The van der Waals surface area contributed by atoms with Crippen molar-refractivity contribution < 1.29 is 9.53 Å². The quantitative estimate of drug-likeness (QED) is 0.882. The van der Waals surface area contributed by atoms with Crippen molar-refractivity contribution in [3.05, 3.63) is 54.1 Å². The molecule has 0 aliphatic rings. The van der Waals surface area contributed by atoms with Crippen molar-refractivity contribution in [3.63, 3.8) is 0 Å². The Morgan fingerprint density at radius 3 is 2.36 bits per heavy atom. The molecule has 0 atom stereocenters. The molecular formula is C18H22N2O2. The number of nitrogens with zero attached hydrogens (tertiary/aromatic N) is 1. The zero-order valence-corrected chi connectivity index (χ0v) is 13.3. The number of methoxy groups -OCH3 is 1. The SMILES string of the molecule is CCN(CC)c1cc(NC(=O)c2ccccc2)ccc1OC. The van der Waals surface area contributed by atoms with E-state index in [1.165, 1.54) is 0 Å². The summed E-state index contributed by atoms with van der Waals surface area (Å²) in [5.41, 5.74) is 2.39. The summed E-state index contributed by atoms with van der Waals surface area (Å²) in [6.45, 7) is 5.95. The lowest BCUT2D eigenvalue weighted by molar-refractivity contribution is 0.102. The first-order chi connectivity index (χ1) is 10.7. The van der Waals surface area contributed by atoms with Crippen molar-refractivity contribution in [2.75, 3.05) is 30.4 Å². The molecule has 0 fully saturated rings. The number of anilines is 2. The van der Waals surface area contributed by atoms with Gasteiger partial charge in [-0.2, -0.15) is 0 Å². The molecule has 0 radical (unpaired) electrons. The summed E-state index contributed by atoms with van der Waals surface area (Å²) in [6, 6.07) is 14.9. The molecule has 0 saturated heterocycles. The van der Waals surface area contributed by atoms with Gasteiger partial charge in [-0.1, -0.05) is 18.2 Å². The van der Waals surface area contributed by atoms with E-state index in [0.717, 1.165) is 30.2 Å². The van der Waals surface area contributed by atoms with E-state index in [4.69, 9.17) is 4.74 Å². The summed E-state index contributed by atoms with van der Waals surface area (Å²) < 4.78 is 5.42. The second-order valence-electron chi connectivity index (χ2n) is 4.88. The maximum Gasteiger partial charge on any atom is 0.255 e. The van der Waals surface area contributed by atoms with Gasteiger partial charge in [-0.3, -0.25) is 4.79 Å². The van der Waals surface area contributed by atoms with E-state index >= 15 is 0 Å². The molecule has 2 aromatic rings. The van der Waals surface area contributed by atoms with Gasteiger partial charge in [0.1, 0.15) is 5.75 Å². The van der Waals surface area contributed by atoms with Crippen LogP contribution in [0.25, 0.3) is 0 Å². The van der Waals surface area contributed by atoms with Gasteiger partial charge in [0, 0.05) is 24.3 Å². The third-order valence-corrected chi connectivity index (χ3v) is 3.58. The van der Waals surface area contributed by atoms with Crippen molar-refractivity contribution in [2.45, 2.75) is 13.8 Å². The lowest BCUT2D eigenvalue weighted by atomic mass is 10.2. The van der Waals surface area contributed by atoms with Crippen molar-refractivity contribution in [1.29, 1.82) is 0 Å². The van der Waals surface area contributed by atoms with Crippen molar-refractivity contribution in [1.82, 2.24) is 0 Å².